The average Bonchev–Trinajstić information content (AvgIpc) is 2.78. The highest BCUT2D eigenvalue weighted by atomic mass is 19.2. The van der Waals surface area contributed by atoms with Crippen LogP contribution in [0, 0.1) is 0 Å². The zero-order valence-corrected chi connectivity index (χ0v) is 9.85. The van der Waals surface area contributed by atoms with Crippen LogP contribution in [-0.2, 0) is 15.3 Å². The Morgan fingerprint density at radius 1 is 0.632 bits per heavy atom. The van der Waals surface area contributed by atoms with Crippen molar-refractivity contribution >= 4 is 0 Å². The fraction of sp³-hybridized carbons (Fsp3) is 0.0667. The summed E-state index contributed by atoms with van der Waals surface area (Å²) in [6, 6.07) is 14.7. The first-order valence-electron chi connectivity index (χ1n) is 5.77. The lowest BCUT2D eigenvalue weighted by molar-refractivity contribution is -0.144. The summed E-state index contributed by atoms with van der Waals surface area (Å²) >= 11 is 0. The van der Waals surface area contributed by atoms with Gasteiger partial charge in [-0.1, -0.05) is 60.7 Å². The van der Waals surface area contributed by atoms with Crippen molar-refractivity contribution in [3.05, 3.63) is 83.8 Å². The van der Waals surface area contributed by atoms with Gasteiger partial charge in [0.1, 0.15) is 0 Å². The highest BCUT2D eigenvalue weighted by Gasteiger charge is 2.47. The van der Waals surface area contributed by atoms with E-state index in [1.165, 1.54) is 0 Å². The Labute approximate surface area is 108 Å². The largest absolute Gasteiger partial charge is 0.414 e. The lowest BCUT2D eigenvalue weighted by Crippen LogP contribution is -2.29. The summed E-state index contributed by atoms with van der Waals surface area (Å²) in [7, 11) is 0. The first-order chi connectivity index (χ1) is 9.22. The van der Waals surface area contributed by atoms with E-state index in [1.54, 1.807) is 60.7 Å². The Balaban J connectivity index is 2.14. The van der Waals surface area contributed by atoms with Crippen molar-refractivity contribution in [2.45, 2.75) is 5.79 Å². The van der Waals surface area contributed by atoms with Gasteiger partial charge in [-0.05, 0) is 0 Å². The summed E-state index contributed by atoms with van der Waals surface area (Å²) in [5, 5.41) is 0. The van der Waals surface area contributed by atoms with E-state index in [0.717, 1.165) is 0 Å². The molecule has 4 heteroatoms. The molecular weight excluding hydrogens is 250 g/mol. The molecule has 0 atom stereocenters. The minimum atomic E-state index is -1.60. The van der Waals surface area contributed by atoms with Gasteiger partial charge in [0.2, 0.25) is 0 Å². The van der Waals surface area contributed by atoms with Crippen LogP contribution in [-0.4, -0.2) is 0 Å². The maximum Gasteiger partial charge on any atom is 0.350 e. The Hall–Kier alpha value is -2.36. The molecule has 0 saturated carbocycles. The average molecular weight is 260 g/mol. The lowest BCUT2D eigenvalue weighted by atomic mass is 9.97. The van der Waals surface area contributed by atoms with Gasteiger partial charge in [-0.25, -0.2) is 0 Å². The molecule has 19 heavy (non-hydrogen) atoms. The van der Waals surface area contributed by atoms with Crippen molar-refractivity contribution in [2.75, 3.05) is 0 Å². The molecule has 2 aromatic carbocycles. The Bertz CT molecular complexity index is 553. The Morgan fingerprint density at radius 2 is 1.00 bits per heavy atom. The van der Waals surface area contributed by atoms with Crippen LogP contribution in [0.5, 0.6) is 0 Å². The molecule has 0 saturated heterocycles. The van der Waals surface area contributed by atoms with Crippen LogP contribution in [0.3, 0.4) is 0 Å². The zero-order chi connectivity index (χ0) is 13.3. The molecule has 96 valence electrons. The maximum atomic E-state index is 13.3. The normalized spacial score (nSPS) is 16.9. The van der Waals surface area contributed by atoms with Crippen molar-refractivity contribution in [3.63, 3.8) is 0 Å². The molecule has 0 aromatic heterocycles. The number of ether oxygens (including phenoxy) is 2. The number of hydrogen-bond donors (Lipinski definition) is 0. The molecule has 0 aliphatic carbocycles. The van der Waals surface area contributed by atoms with Crippen molar-refractivity contribution in [2.24, 2.45) is 0 Å². The molecule has 0 N–H and O–H groups in total. The molecule has 2 aromatic rings. The number of hydrogen-bond acceptors (Lipinski definition) is 2. The van der Waals surface area contributed by atoms with E-state index in [-0.39, 0.29) is 0 Å². The lowest BCUT2D eigenvalue weighted by Gasteiger charge is -2.28. The summed E-state index contributed by atoms with van der Waals surface area (Å²) in [6.07, 6.45) is 0. The van der Waals surface area contributed by atoms with Gasteiger partial charge in [0, 0.05) is 11.1 Å². The topological polar surface area (TPSA) is 18.5 Å². The first-order valence-corrected chi connectivity index (χ1v) is 5.77. The van der Waals surface area contributed by atoms with Gasteiger partial charge in [0.15, 0.2) is 0 Å². The molecule has 0 radical (unpaired) electrons. The van der Waals surface area contributed by atoms with E-state index in [4.69, 9.17) is 9.47 Å². The first kappa shape index (κ1) is 11.7. The van der Waals surface area contributed by atoms with Gasteiger partial charge in [0.05, 0.1) is 0 Å². The summed E-state index contributed by atoms with van der Waals surface area (Å²) in [6.45, 7) is 0. The summed E-state index contributed by atoms with van der Waals surface area (Å²) in [5.41, 5.74) is 1.04. The smallest absolute Gasteiger partial charge is 0.350 e. The van der Waals surface area contributed by atoms with E-state index >= 15 is 0 Å². The molecule has 1 aliphatic rings. The third-order valence-electron chi connectivity index (χ3n) is 2.93. The van der Waals surface area contributed by atoms with Crippen LogP contribution in [0.2, 0.25) is 0 Å². The van der Waals surface area contributed by atoms with Crippen molar-refractivity contribution < 1.29 is 18.3 Å². The molecule has 0 spiro atoms. The molecule has 1 aliphatic heterocycles. The monoisotopic (exact) mass is 260 g/mol. The zero-order valence-electron chi connectivity index (χ0n) is 9.85. The standard InChI is InChI=1S/C15H10F2O2/c16-13-14(17)19-15(18-13,11-7-3-1-4-8-11)12-9-5-2-6-10-12/h1-10H. The van der Waals surface area contributed by atoms with Gasteiger partial charge < -0.3 is 9.47 Å². The van der Waals surface area contributed by atoms with E-state index in [1.807, 2.05) is 0 Å². The minimum Gasteiger partial charge on any atom is -0.414 e. The second-order valence-corrected chi connectivity index (χ2v) is 4.10. The van der Waals surface area contributed by atoms with Gasteiger partial charge in [-0.3, -0.25) is 0 Å². The Kier molecular flexibility index (Phi) is 2.71. The second kappa shape index (κ2) is 4.39. The number of rotatable bonds is 2. The highest BCUT2D eigenvalue weighted by molar-refractivity contribution is 5.35. The molecule has 0 bridgehead atoms. The van der Waals surface area contributed by atoms with E-state index in [0.29, 0.717) is 11.1 Å². The molecule has 0 amide bonds. The van der Waals surface area contributed by atoms with Gasteiger partial charge in [0.25, 0.3) is 0 Å². The van der Waals surface area contributed by atoms with Crippen molar-refractivity contribution in [3.8, 4) is 0 Å². The molecule has 0 unspecified atom stereocenters. The fourth-order valence-electron chi connectivity index (χ4n) is 2.07. The molecule has 0 fully saturated rings. The van der Waals surface area contributed by atoms with Gasteiger partial charge in [-0.15, -0.1) is 0 Å². The van der Waals surface area contributed by atoms with E-state index in [9.17, 15) is 8.78 Å². The predicted molar refractivity (Wildman–Crippen MR) is 65.1 cm³/mol. The minimum absolute atomic E-state index is 0.518. The fourth-order valence-corrected chi connectivity index (χ4v) is 2.07. The predicted octanol–water partition coefficient (Wildman–Crippen LogP) is 4.00. The van der Waals surface area contributed by atoms with Crippen LogP contribution < -0.4 is 0 Å². The van der Waals surface area contributed by atoms with Crippen LogP contribution >= 0.6 is 0 Å². The SMILES string of the molecule is FC1=C(F)OC(c2ccccc2)(c2ccccc2)O1. The summed E-state index contributed by atoms with van der Waals surface area (Å²) in [5.74, 6) is -1.60. The van der Waals surface area contributed by atoms with Gasteiger partial charge in [-0.2, -0.15) is 8.78 Å². The Morgan fingerprint density at radius 3 is 1.37 bits per heavy atom. The number of benzene rings is 2. The number of halogens is 2. The third-order valence-corrected chi connectivity index (χ3v) is 2.93. The van der Waals surface area contributed by atoms with Crippen molar-refractivity contribution in [1.82, 2.24) is 0 Å². The molecular formula is C15H10F2O2. The van der Waals surface area contributed by atoms with E-state index < -0.39 is 17.8 Å². The summed E-state index contributed by atoms with van der Waals surface area (Å²) in [4.78, 5) is 0. The van der Waals surface area contributed by atoms with Crippen LogP contribution in [0.25, 0.3) is 0 Å². The molecule has 3 rings (SSSR count). The van der Waals surface area contributed by atoms with Crippen LogP contribution in [0.1, 0.15) is 11.1 Å². The van der Waals surface area contributed by atoms with E-state index in [2.05, 4.69) is 0 Å². The van der Waals surface area contributed by atoms with Crippen LogP contribution in [0.15, 0.2) is 72.7 Å². The highest BCUT2D eigenvalue weighted by Crippen LogP contribution is 2.44. The molecule has 1 heterocycles. The second-order valence-electron chi connectivity index (χ2n) is 4.10. The maximum absolute atomic E-state index is 13.3. The molecule has 2 nitrogen and oxygen atoms in total. The van der Waals surface area contributed by atoms with Crippen molar-refractivity contribution in [1.29, 1.82) is 0 Å². The summed E-state index contributed by atoms with van der Waals surface area (Å²) < 4.78 is 36.8. The third kappa shape index (κ3) is 1.85. The quantitative estimate of drug-likeness (QED) is 0.812. The van der Waals surface area contributed by atoms with Gasteiger partial charge >= 0.3 is 17.8 Å². The van der Waals surface area contributed by atoms with Crippen LogP contribution in [0.4, 0.5) is 8.78 Å².